The maximum atomic E-state index is 11.6. The van der Waals surface area contributed by atoms with Crippen LogP contribution >= 0.6 is 0 Å². The normalized spacial score (nSPS) is 21.1. The van der Waals surface area contributed by atoms with Gasteiger partial charge in [0.2, 0.25) is 5.91 Å². The summed E-state index contributed by atoms with van der Waals surface area (Å²) in [6.45, 7) is 4.89. The van der Waals surface area contributed by atoms with Gasteiger partial charge < -0.3 is 10.1 Å². The Balaban J connectivity index is 2.46. The quantitative estimate of drug-likeness (QED) is 0.696. The SMILES string of the molecule is COC(=O)C1CCCN1CC(=O)NC(C)C. The Kier molecular flexibility index (Phi) is 4.73. The first kappa shape index (κ1) is 13.0. The maximum absolute atomic E-state index is 11.6. The van der Waals surface area contributed by atoms with Crippen molar-refractivity contribution in [3.8, 4) is 0 Å². The average molecular weight is 228 g/mol. The Morgan fingerprint density at radius 3 is 2.75 bits per heavy atom. The van der Waals surface area contributed by atoms with E-state index in [1.54, 1.807) is 0 Å². The molecule has 0 spiro atoms. The number of carbonyl (C=O) groups excluding carboxylic acids is 2. The standard InChI is InChI=1S/C11H20N2O3/c1-8(2)12-10(14)7-13-6-4-5-9(13)11(15)16-3/h8-9H,4-7H2,1-3H3,(H,12,14). The van der Waals surface area contributed by atoms with E-state index in [1.807, 2.05) is 18.7 Å². The van der Waals surface area contributed by atoms with Crippen molar-refractivity contribution < 1.29 is 14.3 Å². The molecule has 1 rings (SSSR count). The van der Waals surface area contributed by atoms with Crippen LogP contribution in [0.4, 0.5) is 0 Å². The third kappa shape index (κ3) is 3.48. The molecule has 1 aliphatic heterocycles. The summed E-state index contributed by atoms with van der Waals surface area (Å²) in [5.41, 5.74) is 0. The van der Waals surface area contributed by atoms with Crippen molar-refractivity contribution in [3.63, 3.8) is 0 Å². The van der Waals surface area contributed by atoms with Crippen molar-refractivity contribution >= 4 is 11.9 Å². The van der Waals surface area contributed by atoms with Gasteiger partial charge in [0.1, 0.15) is 6.04 Å². The van der Waals surface area contributed by atoms with E-state index in [-0.39, 0.29) is 30.5 Å². The molecular formula is C11H20N2O3. The molecule has 0 aromatic carbocycles. The fourth-order valence-corrected chi connectivity index (χ4v) is 1.97. The molecule has 92 valence electrons. The first-order chi connectivity index (χ1) is 7.54. The molecular weight excluding hydrogens is 208 g/mol. The lowest BCUT2D eigenvalue weighted by atomic mass is 10.2. The van der Waals surface area contributed by atoms with Gasteiger partial charge in [0.15, 0.2) is 0 Å². The molecule has 1 fully saturated rings. The molecule has 5 heteroatoms. The van der Waals surface area contributed by atoms with Gasteiger partial charge >= 0.3 is 5.97 Å². The molecule has 1 unspecified atom stereocenters. The molecule has 1 aliphatic rings. The highest BCUT2D eigenvalue weighted by Gasteiger charge is 2.32. The van der Waals surface area contributed by atoms with Crippen molar-refractivity contribution in [1.82, 2.24) is 10.2 Å². The van der Waals surface area contributed by atoms with Gasteiger partial charge in [-0.05, 0) is 33.2 Å². The monoisotopic (exact) mass is 228 g/mol. The first-order valence-electron chi connectivity index (χ1n) is 5.66. The van der Waals surface area contributed by atoms with Gasteiger partial charge in [0, 0.05) is 6.04 Å². The second kappa shape index (κ2) is 5.84. The Morgan fingerprint density at radius 1 is 1.50 bits per heavy atom. The molecule has 0 aromatic heterocycles. The summed E-state index contributed by atoms with van der Waals surface area (Å²) >= 11 is 0. The molecule has 5 nitrogen and oxygen atoms in total. The minimum absolute atomic E-state index is 0.0363. The van der Waals surface area contributed by atoms with Crippen LogP contribution < -0.4 is 5.32 Å². The van der Waals surface area contributed by atoms with Crippen LogP contribution in [0.25, 0.3) is 0 Å². The van der Waals surface area contributed by atoms with Gasteiger partial charge in [-0.15, -0.1) is 0 Å². The smallest absolute Gasteiger partial charge is 0.323 e. The molecule has 0 aromatic rings. The Labute approximate surface area is 96.1 Å². The number of ether oxygens (including phenoxy) is 1. The summed E-state index contributed by atoms with van der Waals surface area (Å²) in [4.78, 5) is 24.9. The zero-order valence-corrected chi connectivity index (χ0v) is 10.2. The van der Waals surface area contributed by atoms with Crippen molar-refractivity contribution in [2.75, 3.05) is 20.2 Å². The minimum atomic E-state index is -0.247. The number of likely N-dealkylation sites (tertiary alicyclic amines) is 1. The molecule has 1 amide bonds. The van der Waals surface area contributed by atoms with Crippen LogP contribution in [0.3, 0.4) is 0 Å². The second-order valence-electron chi connectivity index (χ2n) is 4.37. The summed E-state index contributed by atoms with van der Waals surface area (Å²) in [5, 5.41) is 2.81. The van der Waals surface area contributed by atoms with E-state index in [2.05, 4.69) is 5.32 Å². The molecule has 16 heavy (non-hydrogen) atoms. The fraction of sp³-hybridized carbons (Fsp3) is 0.818. The van der Waals surface area contributed by atoms with Crippen LogP contribution in [0.15, 0.2) is 0 Å². The van der Waals surface area contributed by atoms with Crippen molar-refractivity contribution in [3.05, 3.63) is 0 Å². The molecule has 1 N–H and O–H groups in total. The van der Waals surface area contributed by atoms with Gasteiger partial charge in [-0.25, -0.2) is 0 Å². The van der Waals surface area contributed by atoms with Crippen molar-refractivity contribution in [2.45, 2.75) is 38.8 Å². The highest BCUT2D eigenvalue weighted by atomic mass is 16.5. The highest BCUT2D eigenvalue weighted by Crippen LogP contribution is 2.17. The Hall–Kier alpha value is -1.10. The predicted molar refractivity (Wildman–Crippen MR) is 59.9 cm³/mol. The van der Waals surface area contributed by atoms with E-state index in [9.17, 15) is 9.59 Å². The summed E-state index contributed by atoms with van der Waals surface area (Å²) in [5.74, 6) is -0.277. The highest BCUT2D eigenvalue weighted by molar-refractivity contribution is 5.80. The van der Waals surface area contributed by atoms with E-state index < -0.39 is 0 Å². The number of methoxy groups -OCH3 is 1. The average Bonchev–Trinajstić information content (AvgIpc) is 2.63. The third-order valence-electron chi connectivity index (χ3n) is 2.63. The number of nitrogens with zero attached hydrogens (tertiary/aromatic N) is 1. The minimum Gasteiger partial charge on any atom is -0.468 e. The molecule has 0 saturated carbocycles. The molecule has 1 heterocycles. The topological polar surface area (TPSA) is 58.6 Å². The zero-order chi connectivity index (χ0) is 12.1. The summed E-state index contributed by atoms with van der Waals surface area (Å²) in [6.07, 6.45) is 1.72. The molecule has 1 saturated heterocycles. The Bertz CT molecular complexity index is 266. The number of carbonyl (C=O) groups is 2. The summed E-state index contributed by atoms with van der Waals surface area (Å²) in [7, 11) is 1.38. The van der Waals surface area contributed by atoms with E-state index >= 15 is 0 Å². The molecule has 0 aliphatic carbocycles. The largest absolute Gasteiger partial charge is 0.468 e. The van der Waals surface area contributed by atoms with Crippen LogP contribution in [0, 0.1) is 0 Å². The summed E-state index contributed by atoms with van der Waals surface area (Å²) < 4.78 is 4.71. The lowest BCUT2D eigenvalue weighted by molar-refractivity contribution is -0.146. The van der Waals surface area contributed by atoms with Crippen molar-refractivity contribution in [1.29, 1.82) is 0 Å². The van der Waals surface area contributed by atoms with Gasteiger partial charge in [-0.2, -0.15) is 0 Å². The lowest BCUT2D eigenvalue weighted by Crippen LogP contribution is -2.44. The first-order valence-corrected chi connectivity index (χ1v) is 5.66. The Morgan fingerprint density at radius 2 is 2.19 bits per heavy atom. The van der Waals surface area contributed by atoms with Gasteiger partial charge in [0.05, 0.1) is 13.7 Å². The zero-order valence-electron chi connectivity index (χ0n) is 10.2. The number of nitrogens with one attached hydrogen (secondary N) is 1. The summed E-state index contributed by atoms with van der Waals surface area (Å²) in [6, 6.07) is -0.116. The van der Waals surface area contributed by atoms with Crippen LogP contribution in [0.1, 0.15) is 26.7 Å². The van der Waals surface area contributed by atoms with Crippen LogP contribution in [0.5, 0.6) is 0 Å². The van der Waals surface area contributed by atoms with Gasteiger partial charge in [-0.1, -0.05) is 0 Å². The fourth-order valence-electron chi connectivity index (χ4n) is 1.97. The maximum Gasteiger partial charge on any atom is 0.323 e. The van der Waals surface area contributed by atoms with E-state index in [0.717, 1.165) is 19.4 Å². The number of hydrogen-bond donors (Lipinski definition) is 1. The van der Waals surface area contributed by atoms with Crippen LogP contribution in [-0.2, 0) is 14.3 Å². The van der Waals surface area contributed by atoms with E-state index in [1.165, 1.54) is 7.11 Å². The number of rotatable bonds is 4. The van der Waals surface area contributed by atoms with Crippen molar-refractivity contribution in [2.24, 2.45) is 0 Å². The molecule has 1 atom stereocenters. The van der Waals surface area contributed by atoms with Gasteiger partial charge in [-0.3, -0.25) is 14.5 Å². The number of amides is 1. The van der Waals surface area contributed by atoms with Crippen LogP contribution in [-0.4, -0.2) is 49.1 Å². The molecule has 0 bridgehead atoms. The second-order valence-corrected chi connectivity index (χ2v) is 4.37. The van der Waals surface area contributed by atoms with Crippen LogP contribution in [0.2, 0.25) is 0 Å². The molecule has 0 radical (unpaired) electrons. The van der Waals surface area contributed by atoms with E-state index in [0.29, 0.717) is 0 Å². The lowest BCUT2D eigenvalue weighted by Gasteiger charge is -2.22. The van der Waals surface area contributed by atoms with E-state index in [4.69, 9.17) is 4.74 Å². The number of esters is 1. The predicted octanol–water partition coefficient (Wildman–Crippen LogP) is 0.148. The third-order valence-corrected chi connectivity index (χ3v) is 2.63. The van der Waals surface area contributed by atoms with Gasteiger partial charge in [0.25, 0.3) is 0 Å². The number of hydrogen-bond acceptors (Lipinski definition) is 4.